The molecular weight excluding hydrogens is 222 g/mol. The van der Waals surface area contributed by atoms with Crippen molar-refractivity contribution >= 4 is 11.9 Å². The number of rotatable bonds is 5. The van der Waals surface area contributed by atoms with E-state index in [0.29, 0.717) is 12.1 Å². The van der Waals surface area contributed by atoms with Gasteiger partial charge in [-0.15, -0.1) is 0 Å². The molecule has 0 aliphatic rings. The van der Waals surface area contributed by atoms with Crippen LogP contribution in [-0.2, 0) is 20.8 Å². The average Bonchev–Trinajstić information content (AvgIpc) is 2.36. The molecule has 0 saturated heterocycles. The summed E-state index contributed by atoms with van der Waals surface area (Å²) in [4.78, 5) is 22.3. The van der Waals surface area contributed by atoms with Gasteiger partial charge in [-0.2, -0.15) is 0 Å². The van der Waals surface area contributed by atoms with Gasteiger partial charge in [-0.05, 0) is 17.7 Å². The maximum absolute atomic E-state index is 11.2. The third-order valence-electron chi connectivity index (χ3n) is 2.14. The Kier molecular flexibility index (Phi) is 5.16. The molecule has 92 valence electrons. The highest BCUT2D eigenvalue weighted by Gasteiger charge is 2.05. The van der Waals surface area contributed by atoms with Crippen LogP contribution in [0.3, 0.4) is 0 Å². The minimum absolute atomic E-state index is 0.0419. The number of ether oxygens (including phenoxy) is 2. The highest BCUT2D eigenvalue weighted by Crippen LogP contribution is 2.05. The van der Waals surface area contributed by atoms with Crippen molar-refractivity contribution in [1.82, 2.24) is 5.32 Å². The molecule has 17 heavy (non-hydrogen) atoms. The Bertz CT molecular complexity index is 386. The second-order valence-corrected chi connectivity index (χ2v) is 3.40. The normalized spacial score (nSPS) is 9.76. The van der Waals surface area contributed by atoms with Gasteiger partial charge in [0, 0.05) is 13.7 Å². The highest BCUT2D eigenvalue weighted by atomic mass is 16.5. The van der Waals surface area contributed by atoms with Crippen LogP contribution in [0.2, 0.25) is 0 Å². The van der Waals surface area contributed by atoms with Gasteiger partial charge in [0.05, 0.1) is 12.7 Å². The number of methoxy groups -OCH3 is 2. The van der Waals surface area contributed by atoms with Gasteiger partial charge in [-0.1, -0.05) is 12.1 Å². The zero-order valence-electron chi connectivity index (χ0n) is 9.86. The second kappa shape index (κ2) is 6.65. The first kappa shape index (κ1) is 13.2. The Balaban J connectivity index is 2.51. The standard InChI is InChI=1S/C12H15NO4/c1-16-8-11(14)13-7-9-3-5-10(6-4-9)12(15)17-2/h3-6H,7-8H2,1-2H3,(H,13,14). The lowest BCUT2D eigenvalue weighted by molar-refractivity contribution is -0.124. The first-order chi connectivity index (χ1) is 8.17. The molecule has 0 heterocycles. The minimum atomic E-state index is -0.375. The molecular formula is C12H15NO4. The van der Waals surface area contributed by atoms with Crippen LogP contribution in [0.25, 0.3) is 0 Å². The van der Waals surface area contributed by atoms with Crippen molar-refractivity contribution in [1.29, 1.82) is 0 Å². The van der Waals surface area contributed by atoms with E-state index in [1.54, 1.807) is 24.3 Å². The molecule has 0 atom stereocenters. The molecule has 0 unspecified atom stereocenters. The van der Waals surface area contributed by atoms with Crippen molar-refractivity contribution in [2.24, 2.45) is 0 Å². The predicted molar refractivity (Wildman–Crippen MR) is 61.5 cm³/mol. The molecule has 0 spiro atoms. The van der Waals surface area contributed by atoms with Gasteiger partial charge in [0.2, 0.25) is 5.91 Å². The van der Waals surface area contributed by atoms with Gasteiger partial charge in [0.1, 0.15) is 6.61 Å². The lowest BCUT2D eigenvalue weighted by Gasteiger charge is -2.05. The minimum Gasteiger partial charge on any atom is -0.465 e. The molecule has 0 saturated carbocycles. The Labute approximate surface area is 99.7 Å². The topological polar surface area (TPSA) is 64.6 Å². The van der Waals surface area contributed by atoms with Crippen molar-refractivity contribution in [3.8, 4) is 0 Å². The lowest BCUT2D eigenvalue weighted by atomic mass is 10.1. The van der Waals surface area contributed by atoms with Gasteiger partial charge in [-0.25, -0.2) is 4.79 Å². The number of esters is 1. The Morgan fingerprint density at radius 1 is 1.18 bits per heavy atom. The summed E-state index contributed by atoms with van der Waals surface area (Å²) in [6.07, 6.45) is 0. The Morgan fingerprint density at radius 3 is 2.35 bits per heavy atom. The lowest BCUT2D eigenvalue weighted by Crippen LogP contribution is -2.26. The van der Waals surface area contributed by atoms with Crippen LogP contribution in [-0.4, -0.2) is 32.7 Å². The van der Waals surface area contributed by atoms with Crippen molar-refractivity contribution in [3.05, 3.63) is 35.4 Å². The number of carbonyl (C=O) groups excluding carboxylic acids is 2. The average molecular weight is 237 g/mol. The Morgan fingerprint density at radius 2 is 1.82 bits per heavy atom. The van der Waals surface area contributed by atoms with E-state index in [1.165, 1.54) is 14.2 Å². The summed E-state index contributed by atoms with van der Waals surface area (Å²) in [6.45, 7) is 0.448. The van der Waals surface area contributed by atoms with E-state index in [-0.39, 0.29) is 18.5 Å². The molecule has 1 N–H and O–H groups in total. The van der Waals surface area contributed by atoms with Gasteiger partial charge < -0.3 is 14.8 Å². The van der Waals surface area contributed by atoms with Gasteiger partial charge in [0.15, 0.2) is 0 Å². The third kappa shape index (κ3) is 4.24. The SMILES string of the molecule is COCC(=O)NCc1ccc(C(=O)OC)cc1. The van der Waals surface area contributed by atoms with E-state index in [4.69, 9.17) is 0 Å². The zero-order chi connectivity index (χ0) is 12.7. The molecule has 1 rings (SSSR count). The molecule has 0 aliphatic carbocycles. The summed E-state index contributed by atoms with van der Waals surface area (Å²) in [5, 5.41) is 2.68. The summed E-state index contributed by atoms with van der Waals surface area (Å²) in [5.74, 6) is -0.551. The van der Waals surface area contributed by atoms with Gasteiger partial charge >= 0.3 is 5.97 Å². The summed E-state index contributed by atoms with van der Waals surface area (Å²) >= 11 is 0. The van der Waals surface area contributed by atoms with E-state index in [9.17, 15) is 9.59 Å². The molecule has 1 aromatic carbocycles. The van der Waals surface area contributed by atoms with E-state index < -0.39 is 0 Å². The van der Waals surface area contributed by atoms with Gasteiger partial charge in [0.25, 0.3) is 0 Å². The van der Waals surface area contributed by atoms with Crippen molar-refractivity contribution in [3.63, 3.8) is 0 Å². The molecule has 1 aromatic rings. The van der Waals surface area contributed by atoms with Crippen LogP contribution in [0.4, 0.5) is 0 Å². The van der Waals surface area contributed by atoms with Crippen LogP contribution in [0.15, 0.2) is 24.3 Å². The first-order valence-corrected chi connectivity index (χ1v) is 5.10. The monoisotopic (exact) mass is 237 g/mol. The summed E-state index contributed by atoms with van der Waals surface area (Å²) in [6, 6.07) is 6.84. The van der Waals surface area contributed by atoms with E-state index in [1.807, 2.05) is 0 Å². The van der Waals surface area contributed by atoms with Crippen molar-refractivity contribution in [2.45, 2.75) is 6.54 Å². The second-order valence-electron chi connectivity index (χ2n) is 3.40. The number of carbonyl (C=O) groups is 2. The number of hydrogen-bond acceptors (Lipinski definition) is 4. The molecule has 0 aromatic heterocycles. The molecule has 0 bridgehead atoms. The number of nitrogens with one attached hydrogen (secondary N) is 1. The van der Waals surface area contributed by atoms with E-state index in [0.717, 1.165) is 5.56 Å². The molecule has 5 nitrogen and oxygen atoms in total. The van der Waals surface area contributed by atoms with E-state index >= 15 is 0 Å². The quantitative estimate of drug-likeness (QED) is 0.767. The van der Waals surface area contributed by atoms with E-state index in [2.05, 4.69) is 14.8 Å². The first-order valence-electron chi connectivity index (χ1n) is 5.10. The van der Waals surface area contributed by atoms with Crippen molar-refractivity contribution in [2.75, 3.05) is 20.8 Å². The predicted octanol–water partition coefficient (Wildman–Crippen LogP) is 0.736. The zero-order valence-corrected chi connectivity index (χ0v) is 9.86. The maximum atomic E-state index is 11.2. The molecule has 0 fully saturated rings. The fourth-order valence-corrected chi connectivity index (χ4v) is 1.26. The molecule has 0 radical (unpaired) electrons. The summed E-state index contributed by atoms with van der Waals surface area (Å²) in [5.41, 5.74) is 1.39. The van der Waals surface area contributed by atoms with Crippen LogP contribution in [0.5, 0.6) is 0 Å². The number of amides is 1. The number of hydrogen-bond donors (Lipinski definition) is 1. The van der Waals surface area contributed by atoms with Crippen LogP contribution < -0.4 is 5.32 Å². The number of benzene rings is 1. The summed E-state index contributed by atoms with van der Waals surface area (Å²) in [7, 11) is 2.80. The molecule has 1 amide bonds. The van der Waals surface area contributed by atoms with Crippen LogP contribution in [0.1, 0.15) is 15.9 Å². The van der Waals surface area contributed by atoms with Crippen molar-refractivity contribution < 1.29 is 19.1 Å². The highest BCUT2D eigenvalue weighted by molar-refractivity contribution is 5.89. The largest absolute Gasteiger partial charge is 0.465 e. The summed E-state index contributed by atoms with van der Waals surface area (Å²) < 4.78 is 9.27. The smallest absolute Gasteiger partial charge is 0.337 e. The molecule has 5 heteroatoms. The van der Waals surface area contributed by atoms with Gasteiger partial charge in [-0.3, -0.25) is 4.79 Å². The maximum Gasteiger partial charge on any atom is 0.337 e. The fraction of sp³-hybridized carbons (Fsp3) is 0.333. The fourth-order valence-electron chi connectivity index (χ4n) is 1.26. The Hall–Kier alpha value is -1.88. The van der Waals surface area contributed by atoms with Crippen LogP contribution >= 0.6 is 0 Å². The molecule has 0 aliphatic heterocycles. The van der Waals surface area contributed by atoms with Crippen LogP contribution in [0, 0.1) is 0 Å². The third-order valence-corrected chi connectivity index (χ3v) is 2.14.